The van der Waals surface area contributed by atoms with Crippen molar-refractivity contribution in [3.8, 4) is 22.1 Å². The van der Waals surface area contributed by atoms with Crippen molar-refractivity contribution in [2.24, 2.45) is 0 Å². The molecule has 2 aromatic carbocycles. The van der Waals surface area contributed by atoms with Gasteiger partial charge in [-0.1, -0.05) is 41.4 Å². The van der Waals surface area contributed by atoms with Gasteiger partial charge in [-0.05, 0) is 6.07 Å². The lowest BCUT2D eigenvalue weighted by Gasteiger charge is -2.19. The van der Waals surface area contributed by atoms with Gasteiger partial charge < -0.3 is 14.8 Å². The maximum atomic E-state index is 12.4. The summed E-state index contributed by atoms with van der Waals surface area (Å²) in [5.41, 5.74) is 2.00. The predicted molar refractivity (Wildman–Crippen MR) is 107 cm³/mol. The minimum Gasteiger partial charge on any atom is -0.486 e. The first-order chi connectivity index (χ1) is 13.1. The lowest BCUT2D eigenvalue weighted by Crippen LogP contribution is -2.17. The van der Waals surface area contributed by atoms with Crippen molar-refractivity contribution in [2.45, 2.75) is 6.42 Å². The largest absolute Gasteiger partial charge is 0.486 e. The van der Waals surface area contributed by atoms with Crippen molar-refractivity contribution in [3.05, 3.63) is 57.5 Å². The average molecular weight is 421 g/mol. The van der Waals surface area contributed by atoms with Gasteiger partial charge in [0.05, 0.1) is 27.8 Å². The van der Waals surface area contributed by atoms with Crippen LogP contribution < -0.4 is 14.8 Å². The summed E-state index contributed by atoms with van der Waals surface area (Å²) in [5, 5.41) is 6.45. The molecule has 0 fully saturated rings. The molecule has 3 aromatic rings. The molecule has 0 radical (unpaired) electrons. The summed E-state index contributed by atoms with van der Waals surface area (Å²) in [6.45, 7) is 0.943. The van der Waals surface area contributed by atoms with Crippen molar-refractivity contribution < 1.29 is 14.3 Å². The standard InChI is InChI=1S/C19H14Cl2N2O3S/c20-13-4-2-1-3-12(13)19-22-11(10-27-19)7-18(24)23-15-9-17-16(8-14(15)21)25-5-6-26-17/h1-4,8-10H,5-7H2,(H,23,24). The van der Waals surface area contributed by atoms with Crippen LogP contribution in [-0.4, -0.2) is 24.1 Å². The Hall–Kier alpha value is -2.28. The van der Waals surface area contributed by atoms with Crippen LogP contribution in [0.1, 0.15) is 5.69 Å². The van der Waals surface area contributed by atoms with Crippen LogP contribution in [0, 0.1) is 0 Å². The minimum absolute atomic E-state index is 0.131. The highest BCUT2D eigenvalue weighted by Crippen LogP contribution is 2.38. The first-order valence-electron chi connectivity index (χ1n) is 8.18. The highest BCUT2D eigenvalue weighted by Gasteiger charge is 2.17. The second kappa shape index (κ2) is 7.76. The summed E-state index contributed by atoms with van der Waals surface area (Å²) < 4.78 is 11.0. The summed E-state index contributed by atoms with van der Waals surface area (Å²) in [4.78, 5) is 16.9. The molecular formula is C19H14Cl2N2O3S. The molecule has 138 valence electrons. The Morgan fingerprint density at radius 1 is 1.11 bits per heavy atom. The van der Waals surface area contributed by atoms with Crippen LogP contribution in [-0.2, 0) is 11.2 Å². The van der Waals surface area contributed by atoms with Gasteiger partial charge in [-0.15, -0.1) is 11.3 Å². The van der Waals surface area contributed by atoms with Crippen molar-refractivity contribution in [1.29, 1.82) is 0 Å². The third kappa shape index (κ3) is 4.03. The topological polar surface area (TPSA) is 60.5 Å². The van der Waals surface area contributed by atoms with Gasteiger partial charge >= 0.3 is 0 Å². The van der Waals surface area contributed by atoms with E-state index >= 15 is 0 Å². The van der Waals surface area contributed by atoms with Crippen molar-refractivity contribution in [3.63, 3.8) is 0 Å². The highest BCUT2D eigenvalue weighted by molar-refractivity contribution is 7.13. The zero-order chi connectivity index (χ0) is 18.8. The molecule has 1 aliphatic rings. The Balaban J connectivity index is 1.47. The number of carbonyl (C=O) groups excluding carboxylic acids is 1. The van der Waals surface area contributed by atoms with Crippen LogP contribution in [0.15, 0.2) is 41.8 Å². The quantitative estimate of drug-likeness (QED) is 0.639. The van der Waals surface area contributed by atoms with Crippen LogP contribution in [0.2, 0.25) is 10.0 Å². The fourth-order valence-electron chi connectivity index (χ4n) is 2.67. The van der Waals surface area contributed by atoms with Gasteiger partial charge in [-0.25, -0.2) is 4.98 Å². The molecule has 1 aliphatic heterocycles. The van der Waals surface area contributed by atoms with Crippen LogP contribution in [0.3, 0.4) is 0 Å². The van der Waals surface area contributed by atoms with Gasteiger partial charge in [-0.2, -0.15) is 0 Å². The van der Waals surface area contributed by atoms with Crippen LogP contribution in [0.25, 0.3) is 10.6 Å². The second-order valence-corrected chi connectivity index (χ2v) is 7.50. The third-order valence-corrected chi connectivity index (χ3v) is 5.47. The van der Waals surface area contributed by atoms with Gasteiger partial charge in [-0.3, -0.25) is 4.79 Å². The van der Waals surface area contributed by atoms with Gasteiger partial charge in [0, 0.05) is 23.1 Å². The first-order valence-corrected chi connectivity index (χ1v) is 9.82. The van der Waals surface area contributed by atoms with E-state index in [-0.39, 0.29) is 12.3 Å². The van der Waals surface area contributed by atoms with Gasteiger partial charge in [0.15, 0.2) is 11.5 Å². The summed E-state index contributed by atoms with van der Waals surface area (Å²) in [6, 6.07) is 10.8. The number of hydrogen-bond acceptors (Lipinski definition) is 5. The molecule has 1 amide bonds. The molecule has 0 bridgehead atoms. The average Bonchev–Trinajstić information content (AvgIpc) is 3.10. The van der Waals surface area contributed by atoms with E-state index in [1.807, 2.05) is 29.6 Å². The number of carbonyl (C=O) groups is 1. The number of aromatic nitrogens is 1. The van der Waals surface area contributed by atoms with E-state index in [9.17, 15) is 4.79 Å². The monoisotopic (exact) mass is 420 g/mol. The lowest BCUT2D eigenvalue weighted by atomic mass is 10.2. The van der Waals surface area contributed by atoms with Crippen molar-refractivity contribution >= 4 is 46.1 Å². The molecule has 0 saturated heterocycles. The number of thiazole rings is 1. The van der Waals surface area contributed by atoms with E-state index in [1.54, 1.807) is 12.1 Å². The van der Waals surface area contributed by atoms with Gasteiger partial charge in [0.1, 0.15) is 18.2 Å². The molecular weight excluding hydrogens is 407 g/mol. The number of halogens is 2. The Labute approximate surface area is 169 Å². The van der Waals surface area contributed by atoms with E-state index in [0.717, 1.165) is 10.6 Å². The van der Waals surface area contributed by atoms with E-state index in [0.29, 0.717) is 46.1 Å². The van der Waals surface area contributed by atoms with E-state index in [4.69, 9.17) is 32.7 Å². The molecule has 0 unspecified atom stereocenters. The molecule has 8 heteroatoms. The molecule has 0 aliphatic carbocycles. The van der Waals surface area contributed by atoms with E-state index < -0.39 is 0 Å². The second-order valence-electron chi connectivity index (χ2n) is 5.82. The molecule has 0 spiro atoms. The zero-order valence-electron chi connectivity index (χ0n) is 14.0. The zero-order valence-corrected chi connectivity index (χ0v) is 16.3. The number of amides is 1. The van der Waals surface area contributed by atoms with Crippen LogP contribution >= 0.6 is 34.5 Å². The summed E-state index contributed by atoms with van der Waals surface area (Å²) in [7, 11) is 0. The smallest absolute Gasteiger partial charge is 0.230 e. The molecule has 0 atom stereocenters. The first kappa shape index (κ1) is 18.1. The molecule has 0 saturated carbocycles. The minimum atomic E-state index is -0.218. The summed E-state index contributed by atoms with van der Waals surface area (Å²) in [6.07, 6.45) is 0.131. The van der Waals surface area contributed by atoms with Gasteiger partial charge in [0.25, 0.3) is 0 Å². The maximum absolute atomic E-state index is 12.4. The predicted octanol–water partition coefficient (Wildman–Crippen LogP) is 5.07. The van der Waals surface area contributed by atoms with Crippen molar-refractivity contribution in [1.82, 2.24) is 4.98 Å². The number of rotatable bonds is 4. The number of benzene rings is 2. The highest BCUT2D eigenvalue weighted by atomic mass is 35.5. The fourth-order valence-corrected chi connectivity index (χ4v) is 4.01. The summed E-state index contributed by atoms with van der Waals surface area (Å²) >= 11 is 13.9. The Kier molecular flexibility index (Phi) is 5.20. The number of nitrogens with zero attached hydrogens (tertiary/aromatic N) is 1. The molecule has 27 heavy (non-hydrogen) atoms. The number of hydrogen-bond donors (Lipinski definition) is 1. The fraction of sp³-hybridized carbons (Fsp3) is 0.158. The number of ether oxygens (including phenoxy) is 2. The van der Waals surface area contributed by atoms with E-state index in [2.05, 4.69) is 10.3 Å². The molecule has 1 N–H and O–H groups in total. The molecule has 1 aromatic heterocycles. The van der Waals surface area contributed by atoms with Crippen LogP contribution in [0.4, 0.5) is 5.69 Å². The van der Waals surface area contributed by atoms with Gasteiger partial charge in [0.2, 0.25) is 5.91 Å². The Bertz CT molecular complexity index is 1010. The Morgan fingerprint density at radius 2 is 1.85 bits per heavy atom. The molecule has 4 rings (SSSR count). The number of nitrogens with one attached hydrogen (secondary N) is 1. The number of anilines is 1. The van der Waals surface area contributed by atoms with Crippen LogP contribution in [0.5, 0.6) is 11.5 Å². The maximum Gasteiger partial charge on any atom is 0.230 e. The third-order valence-electron chi connectivity index (χ3n) is 3.90. The summed E-state index contributed by atoms with van der Waals surface area (Å²) in [5.74, 6) is 0.924. The van der Waals surface area contributed by atoms with Crippen molar-refractivity contribution in [2.75, 3.05) is 18.5 Å². The molecule has 2 heterocycles. The van der Waals surface area contributed by atoms with E-state index in [1.165, 1.54) is 11.3 Å². The SMILES string of the molecule is O=C(Cc1csc(-c2ccccc2Cl)n1)Nc1cc2c(cc1Cl)OCCO2. The molecule has 5 nitrogen and oxygen atoms in total. The lowest BCUT2D eigenvalue weighted by molar-refractivity contribution is -0.115. The Morgan fingerprint density at radius 3 is 2.63 bits per heavy atom. The number of fused-ring (bicyclic) bond motifs is 1. The normalized spacial score (nSPS) is 12.7.